The molecule has 28 heavy (non-hydrogen) atoms. The number of ether oxygens (including phenoxy) is 1. The van der Waals surface area contributed by atoms with Gasteiger partial charge in [-0.2, -0.15) is 5.26 Å². The number of Topliss-reactive ketones (excluding diaryl/α,β-unsaturated/α-hetero) is 3. The van der Waals surface area contributed by atoms with Gasteiger partial charge in [-0.25, -0.2) is 0 Å². The molecule has 0 aromatic heterocycles. The van der Waals surface area contributed by atoms with Crippen LogP contribution in [0.3, 0.4) is 0 Å². The minimum atomic E-state index is -0.793. The van der Waals surface area contributed by atoms with Gasteiger partial charge in [0.15, 0.2) is 17.3 Å². The van der Waals surface area contributed by atoms with Crippen LogP contribution >= 0.6 is 0 Å². The molecule has 0 spiro atoms. The Labute approximate surface area is 160 Å². The summed E-state index contributed by atoms with van der Waals surface area (Å²) in [6, 6.07) is 8.53. The quantitative estimate of drug-likeness (QED) is 0.601. The number of hydrogen-bond acceptors (Lipinski definition) is 7. The lowest BCUT2D eigenvalue weighted by atomic mass is 9.72. The third kappa shape index (κ3) is 2.42. The maximum atomic E-state index is 13.1. The summed E-state index contributed by atoms with van der Waals surface area (Å²) < 4.78 is 5.73. The number of allylic oxidation sites excluding steroid dienone is 4. The number of nitrogens with zero attached hydrogens (tertiary/aromatic N) is 1. The maximum Gasteiger partial charge on any atom is 0.245 e. The van der Waals surface area contributed by atoms with Gasteiger partial charge in [0.1, 0.15) is 5.76 Å². The summed E-state index contributed by atoms with van der Waals surface area (Å²) in [6.07, 6.45) is 2.16. The second-order valence-electron chi connectivity index (χ2n) is 6.76. The van der Waals surface area contributed by atoms with Gasteiger partial charge in [0.2, 0.25) is 5.78 Å². The highest BCUT2D eigenvalue weighted by Crippen LogP contribution is 2.47. The summed E-state index contributed by atoms with van der Waals surface area (Å²) >= 11 is 0. The summed E-state index contributed by atoms with van der Waals surface area (Å²) in [6.45, 7) is 0. The van der Waals surface area contributed by atoms with E-state index in [0.29, 0.717) is 41.7 Å². The van der Waals surface area contributed by atoms with Crippen LogP contribution in [0.2, 0.25) is 0 Å². The molecule has 7 heteroatoms. The van der Waals surface area contributed by atoms with E-state index in [1.54, 1.807) is 24.3 Å². The third-order valence-electron chi connectivity index (χ3n) is 5.20. The van der Waals surface area contributed by atoms with E-state index in [1.807, 2.05) is 6.07 Å². The van der Waals surface area contributed by atoms with Crippen LogP contribution in [-0.2, 0) is 19.1 Å². The molecule has 0 radical (unpaired) electrons. The number of ketones is 3. The highest BCUT2D eigenvalue weighted by Gasteiger charge is 2.46. The molecule has 2 aliphatic carbocycles. The fourth-order valence-electron chi connectivity index (χ4n) is 3.86. The Hall–Kier alpha value is -3.79. The number of rotatable bonds is 2. The van der Waals surface area contributed by atoms with Gasteiger partial charge in [0.05, 0.1) is 28.5 Å². The summed E-state index contributed by atoms with van der Waals surface area (Å²) in [4.78, 5) is 38.5. The molecule has 0 saturated heterocycles. The molecular weight excluding hydrogens is 358 g/mol. The summed E-state index contributed by atoms with van der Waals surface area (Å²) in [5.74, 6) is -1.97. The lowest BCUT2D eigenvalue weighted by Gasteiger charge is -2.35. The van der Waals surface area contributed by atoms with Crippen LogP contribution in [0.1, 0.15) is 36.3 Å². The summed E-state index contributed by atoms with van der Waals surface area (Å²) in [5, 5.41) is 16.5. The Bertz CT molecular complexity index is 1100. The van der Waals surface area contributed by atoms with Gasteiger partial charge in [0, 0.05) is 30.5 Å². The van der Waals surface area contributed by atoms with Gasteiger partial charge in [-0.15, -0.1) is 0 Å². The molecule has 1 aromatic carbocycles. The topological polar surface area (TPSA) is 134 Å². The molecule has 4 rings (SSSR count). The van der Waals surface area contributed by atoms with Crippen LogP contribution in [0.4, 0.5) is 0 Å². The molecular formula is C21H15N3O4. The highest BCUT2D eigenvalue weighted by molar-refractivity contribution is 6.32. The first kappa shape index (κ1) is 17.6. The van der Waals surface area contributed by atoms with E-state index in [2.05, 4.69) is 0 Å². The van der Waals surface area contributed by atoms with E-state index in [0.717, 1.165) is 6.21 Å². The van der Waals surface area contributed by atoms with Crippen molar-refractivity contribution in [2.45, 2.75) is 25.2 Å². The number of benzene rings is 1. The van der Waals surface area contributed by atoms with Crippen molar-refractivity contribution in [2.75, 3.05) is 0 Å². The van der Waals surface area contributed by atoms with E-state index in [4.69, 9.17) is 21.1 Å². The molecule has 3 N–H and O–H groups in total. The van der Waals surface area contributed by atoms with Crippen molar-refractivity contribution in [3.8, 4) is 6.07 Å². The van der Waals surface area contributed by atoms with E-state index in [-0.39, 0.29) is 28.4 Å². The van der Waals surface area contributed by atoms with Gasteiger partial charge >= 0.3 is 0 Å². The number of hydrogen-bond donors (Lipinski definition) is 2. The molecule has 7 nitrogen and oxygen atoms in total. The first-order chi connectivity index (χ1) is 13.5. The number of carbonyl (C=O) groups excluding carboxylic acids is 3. The number of carbonyl (C=O) groups is 3. The summed E-state index contributed by atoms with van der Waals surface area (Å²) in [7, 11) is 0. The van der Waals surface area contributed by atoms with Crippen molar-refractivity contribution < 1.29 is 19.1 Å². The summed E-state index contributed by atoms with van der Waals surface area (Å²) in [5.41, 5.74) is 6.65. The third-order valence-corrected chi connectivity index (χ3v) is 5.20. The number of nitrogens with two attached hydrogens (primary N) is 1. The van der Waals surface area contributed by atoms with Crippen molar-refractivity contribution >= 4 is 23.6 Å². The van der Waals surface area contributed by atoms with Crippen molar-refractivity contribution in [3.05, 3.63) is 69.3 Å². The molecule has 1 aliphatic heterocycles. The van der Waals surface area contributed by atoms with E-state index >= 15 is 0 Å². The Kier molecular flexibility index (Phi) is 4.04. The Morgan fingerprint density at radius 2 is 1.82 bits per heavy atom. The Morgan fingerprint density at radius 1 is 1.11 bits per heavy atom. The fourth-order valence-corrected chi connectivity index (χ4v) is 3.86. The Morgan fingerprint density at radius 3 is 2.46 bits per heavy atom. The average molecular weight is 373 g/mol. The zero-order valence-corrected chi connectivity index (χ0v) is 14.7. The van der Waals surface area contributed by atoms with Gasteiger partial charge in [-0.05, 0) is 24.1 Å². The second kappa shape index (κ2) is 6.43. The smallest absolute Gasteiger partial charge is 0.245 e. The monoisotopic (exact) mass is 373 g/mol. The average Bonchev–Trinajstić information content (AvgIpc) is 2.71. The van der Waals surface area contributed by atoms with Crippen LogP contribution in [-0.4, -0.2) is 23.6 Å². The van der Waals surface area contributed by atoms with Crippen molar-refractivity contribution in [3.63, 3.8) is 0 Å². The lowest BCUT2D eigenvalue weighted by molar-refractivity contribution is -0.120. The van der Waals surface area contributed by atoms with E-state index < -0.39 is 17.5 Å². The molecule has 1 atom stereocenters. The maximum absolute atomic E-state index is 13.1. The van der Waals surface area contributed by atoms with Crippen LogP contribution in [0.25, 0.3) is 0 Å². The molecule has 0 bridgehead atoms. The molecule has 0 amide bonds. The van der Waals surface area contributed by atoms with Crippen LogP contribution in [0.15, 0.2) is 58.2 Å². The van der Waals surface area contributed by atoms with Crippen LogP contribution in [0, 0.1) is 16.7 Å². The van der Waals surface area contributed by atoms with Crippen molar-refractivity contribution in [1.29, 1.82) is 10.7 Å². The van der Waals surface area contributed by atoms with Crippen molar-refractivity contribution in [2.24, 2.45) is 5.73 Å². The fraction of sp³-hybridized carbons (Fsp3) is 0.190. The lowest BCUT2D eigenvalue weighted by Crippen LogP contribution is -2.37. The minimum Gasteiger partial charge on any atom is -0.457 e. The van der Waals surface area contributed by atoms with Crippen LogP contribution < -0.4 is 5.73 Å². The first-order valence-electron chi connectivity index (χ1n) is 8.75. The highest BCUT2D eigenvalue weighted by atomic mass is 16.5. The van der Waals surface area contributed by atoms with Crippen molar-refractivity contribution in [1.82, 2.24) is 0 Å². The van der Waals surface area contributed by atoms with Crippen LogP contribution in [0.5, 0.6) is 0 Å². The van der Waals surface area contributed by atoms with Gasteiger partial charge in [-0.1, -0.05) is 12.1 Å². The molecule has 1 aromatic rings. The predicted molar refractivity (Wildman–Crippen MR) is 97.9 cm³/mol. The van der Waals surface area contributed by atoms with Gasteiger partial charge in [-0.3, -0.25) is 14.4 Å². The molecule has 0 saturated carbocycles. The number of nitriles is 1. The van der Waals surface area contributed by atoms with E-state index in [9.17, 15) is 14.4 Å². The Balaban J connectivity index is 1.96. The zero-order valence-electron chi connectivity index (χ0n) is 14.7. The molecule has 3 aliphatic rings. The van der Waals surface area contributed by atoms with Gasteiger partial charge < -0.3 is 15.9 Å². The molecule has 138 valence electrons. The molecule has 1 heterocycles. The predicted octanol–water partition coefficient (Wildman–Crippen LogP) is 1.95. The SMILES string of the molecule is N#Cc1ccc(C2C3=C(CCCC3=O)OC3=C2C(=O)C(C=N)=C(N)C3=O)cc1. The standard InChI is InChI=1S/C21H15N3O4/c22-8-10-4-6-11(7-5-10)15-16-13(25)2-1-3-14(16)28-21-17(15)19(26)12(9-23)18(24)20(21)27/h4-7,9,15,23H,1-3,24H2. The van der Waals surface area contributed by atoms with E-state index in [1.165, 1.54) is 0 Å². The molecule has 0 fully saturated rings. The first-order valence-corrected chi connectivity index (χ1v) is 8.75. The minimum absolute atomic E-state index is 0.0245. The van der Waals surface area contributed by atoms with Gasteiger partial charge in [0.25, 0.3) is 0 Å². The second-order valence-corrected chi connectivity index (χ2v) is 6.76. The zero-order chi connectivity index (χ0) is 20.0. The number of nitrogens with one attached hydrogen (secondary N) is 1. The largest absolute Gasteiger partial charge is 0.457 e. The molecule has 1 unspecified atom stereocenters. The normalized spacial score (nSPS) is 21.8.